The van der Waals surface area contributed by atoms with E-state index in [2.05, 4.69) is 5.32 Å². The number of ketones is 1. The summed E-state index contributed by atoms with van der Waals surface area (Å²) in [6.45, 7) is 2.18. The van der Waals surface area contributed by atoms with Gasteiger partial charge < -0.3 is 20.5 Å². The maximum atomic E-state index is 13.3. The number of carbonyl (C=O) groups is 3. The molecule has 1 amide bonds. The molecule has 0 fully saturated rings. The van der Waals surface area contributed by atoms with E-state index in [9.17, 15) is 14.4 Å². The summed E-state index contributed by atoms with van der Waals surface area (Å²) in [6, 6.07) is 7.01. The highest BCUT2D eigenvalue weighted by molar-refractivity contribution is 6.22. The zero-order valence-corrected chi connectivity index (χ0v) is 15.7. The minimum Gasteiger partial charge on any atom is -0.462 e. The Morgan fingerprint density at radius 3 is 2.86 bits per heavy atom. The predicted molar refractivity (Wildman–Crippen MR) is 101 cm³/mol. The number of esters is 1. The van der Waals surface area contributed by atoms with Crippen molar-refractivity contribution in [2.45, 2.75) is 44.4 Å². The highest BCUT2D eigenvalue weighted by Gasteiger charge is 2.61. The standard InChI is InChI=1S/C21H22N2O5/c1-2-3-11-27-19(25)17-18(22)28-15-10-6-9-14(24)16(15)21(17)12-7-4-5-8-13(12)23-20(21)26/h4-5,7-8H,2-3,6,9-11,22H2,1H3,(H,23,26)/t21-/m1/s1. The van der Waals surface area contributed by atoms with E-state index in [4.69, 9.17) is 15.2 Å². The van der Waals surface area contributed by atoms with Crippen molar-refractivity contribution in [3.8, 4) is 0 Å². The van der Waals surface area contributed by atoms with Gasteiger partial charge in [0.2, 0.25) is 11.8 Å². The van der Waals surface area contributed by atoms with Crippen LogP contribution in [0.3, 0.4) is 0 Å². The second-order valence-corrected chi connectivity index (χ2v) is 7.16. The summed E-state index contributed by atoms with van der Waals surface area (Å²) >= 11 is 0. The molecular weight excluding hydrogens is 360 g/mol. The largest absolute Gasteiger partial charge is 0.462 e. The number of unbranched alkanes of at least 4 members (excludes halogenated alkanes) is 1. The topological polar surface area (TPSA) is 108 Å². The molecule has 1 atom stereocenters. The van der Waals surface area contributed by atoms with Crippen molar-refractivity contribution < 1.29 is 23.9 Å². The lowest BCUT2D eigenvalue weighted by molar-refractivity contribution is -0.141. The van der Waals surface area contributed by atoms with Crippen LogP contribution in [0.1, 0.15) is 44.6 Å². The van der Waals surface area contributed by atoms with Crippen LogP contribution in [0.5, 0.6) is 0 Å². The van der Waals surface area contributed by atoms with Gasteiger partial charge in [0, 0.05) is 24.1 Å². The maximum Gasteiger partial charge on any atom is 0.341 e. The van der Waals surface area contributed by atoms with Crippen molar-refractivity contribution in [2.24, 2.45) is 5.73 Å². The molecule has 0 saturated heterocycles. The lowest BCUT2D eigenvalue weighted by Gasteiger charge is -2.38. The van der Waals surface area contributed by atoms with E-state index in [1.807, 2.05) is 6.92 Å². The first-order valence-corrected chi connectivity index (χ1v) is 9.54. The van der Waals surface area contributed by atoms with Gasteiger partial charge in [-0.05, 0) is 18.9 Å². The van der Waals surface area contributed by atoms with Gasteiger partial charge in [0.25, 0.3) is 0 Å². The third kappa shape index (κ3) is 2.46. The van der Waals surface area contributed by atoms with Gasteiger partial charge >= 0.3 is 5.97 Å². The normalized spacial score (nSPS) is 23.3. The second kappa shape index (κ2) is 6.82. The molecule has 0 saturated carbocycles. The van der Waals surface area contributed by atoms with Crippen molar-refractivity contribution >= 4 is 23.3 Å². The van der Waals surface area contributed by atoms with Crippen LogP contribution in [-0.2, 0) is 29.3 Å². The molecular formula is C21H22N2O5. The van der Waals surface area contributed by atoms with Crippen LogP contribution in [0.2, 0.25) is 0 Å². The number of anilines is 1. The van der Waals surface area contributed by atoms with Gasteiger partial charge in [-0.15, -0.1) is 0 Å². The molecule has 0 radical (unpaired) electrons. The highest BCUT2D eigenvalue weighted by Crippen LogP contribution is 2.54. The first-order chi connectivity index (χ1) is 13.5. The van der Waals surface area contributed by atoms with Gasteiger partial charge in [-0.1, -0.05) is 31.5 Å². The number of rotatable bonds is 4. The van der Waals surface area contributed by atoms with E-state index in [0.29, 0.717) is 36.3 Å². The molecule has 1 spiro atoms. The number of ether oxygens (including phenoxy) is 2. The molecule has 7 heteroatoms. The Hall–Kier alpha value is -3.09. The molecule has 28 heavy (non-hydrogen) atoms. The van der Waals surface area contributed by atoms with Crippen molar-refractivity contribution in [2.75, 3.05) is 11.9 Å². The van der Waals surface area contributed by atoms with E-state index in [-0.39, 0.29) is 35.8 Å². The molecule has 3 aliphatic rings. The third-order valence-corrected chi connectivity index (χ3v) is 5.45. The van der Waals surface area contributed by atoms with Crippen LogP contribution < -0.4 is 11.1 Å². The molecule has 3 N–H and O–H groups in total. The fourth-order valence-electron chi connectivity index (χ4n) is 4.22. The summed E-state index contributed by atoms with van der Waals surface area (Å²) in [6.07, 6.45) is 2.91. The number of fused-ring (bicyclic) bond motifs is 3. The summed E-state index contributed by atoms with van der Waals surface area (Å²) in [5.41, 5.74) is 5.68. The quantitative estimate of drug-likeness (QED) is 0.612. The Bertz CT molecular complexity index is 946. The van der Waals surface area contributed by atoms with E-state index < -0.39 is 17.3 Å². The average Bonchev–Trinajstić information content (AvgIpc) is 2.94. The lowest BCUT2D eigenvalue weighted by Crippen LogP contribution is -2.49. The van der Waals surface area contributed by atoms with Gasteiger partial charge in [-0.2, -0.15) is 0 Å². The van der Waals surface area contributed by atoms with Crippen LogP contribution in [-0.4, -0.2) is 24.3 Å². The Balaban J connectivity index is 1.94. The van der Waals surface area contributed by atoms with Crippen LogP contribution in [0.15, 0.2) is 47.1 Å². The highest BCUT2D eigenvalue weighted by atomic mass is 16.5. The molecule has 7 nitrogen and oxygen atoms in total. The molecule has 0 bridgehead atoms. The first-order valence-electron chi connectivity index (χ1n) is 9.54. The van der Waals surface area contributed by atoms with Gasteiger partial charge in [0.05, 0.1) is 12.2 Å². The molecule has 4 rings (SSSR count). The monoisotopic (exact) mass is 382 g/mol. The molecule has 0 aromatic heterocycles. The number of Topliss-reactive ketones (excluding diaryl/α,β-unsaturated/α-hetero) is 1. The zero-order valence-electron chi connectivity index (χ0n) is 15.7. The summed E-state index contributed by atoms with van der Waals surface area (Å²) in [5, 5.41) is 2.81. The summed E-state index contributed by atoms with van der Waals surface area (Å²) in [4.78, 5) is 39.3. The van der Waals surface area contributed by atoms with Crippen molar-refractivity contribution in [1.29, 1.82) is 0 Å². The Morgan fingerprint density at radius 2 is 2.07 bits per heavy atom. The molecule has 1 aliphatic carbocycles. The van der Waals surface area contributed by atoms with Crippen molar-refractivity contribution in [1.82, 2.24) is 0 Å². The number of nitrogens with one attached hydrogen (secondary N) is 1. The fourth-order valence-corrected chi connectivity index (χ4v) is 4.22. The van der Waals surface area contributed by atoms with Crippen molar-refractivity contribution in [3.63, 3.8) is 0 Å². The van der Waals surface area contributed by atoms with E-state index >= 15 is 0 Å². The number of nitrogens with two attached hydrogens (primary N) is 1. The Kier molecular flexibility index (Phi) is 4.45. The van der Waals surface area contributed by atoms with Crippen LogP contribution in [0.25, 0.3) is 0 Å². The van der Waals surface area contributed by atoms with Gasteiger partial charge in [0.1, 0.15) is 16.7 Å². The molecule has 146 valence electrons. The van der Waals surface area contributed by atoms with Gasteiger partial charge in [-0.3, -0.25) is 9.59 Å². The maximum absolute atomic E-state index is 13.3. The molecule has 2 aliphatic heterocycles. The van der Waals surface area contributed by atoms with Crippen LogP contribution in [0.4, 0.5) is 5.69 Å². The molecule has 0 unspecified atom stereocenters. The number of benzene rings is 1. The Morgan fingerprint density at radius 1 is 1.29 bits per heavy atom. The minimum atomic E-state index is -1.63. The number of amides is 1. The van der Waals surface area contributed by atoms with E-state index in [0.717, 1.165) is 6.42 Å². The Labute approximate surface area is 162 Å². The zero-order chi connectivity index (χ0) is 19.9. The number of hydrogen-bond acceptors (Lipinski definition) is 6. The van der Waals surface area contributed by atoms with Gasteiger partial charge in [-0.25, -0.2) is 4.79 Å². The fraction of sp³-hybridized carbons (Fsp3) is 0.381. The lowest BCUT2D eigenvalue weighted by atomic mass is 9.65. The summed E-state index contributed by atoms with van der Waals surface area (Å²) in [5.74, 6) is -1.24. The summed E-state index contributed by atoms with van der Waals surface area (Å²) < 4.78 is 11.1. The van der Waals surface area contributed by atoms with E-state index in [1.54, 1.807) is 24.3 Å². The minimum absolute atomic E-state index is 0.111. The predicted octanol–water partition coefficient (Wildman–Crippen LogP) is 2.43. The summed E-state index contributed by atoms with van der Waals surface area (Å²) in [7, 11) is 0. The van der Waals surface area contributed by atoms with E-state index in [1.165, 1.54) is 0 Å². The smallest absolute Gasteiger partial charge is 0.341 e. The van der Waals surface area contributed by atoms with Crippen LogP contribution in [0, 0.1) is 0 Å². The van der Waals surface area contributed by atoms with Crippen LogP contribution >= 0.6 is 0 Å². The second-order valence-electron chi connectivity index (χ2n) is 7.16. The number of para-hydroxylation sites is 1. The first kappa shape index (κ1) is 18.3. The number of carbonyl (C=O) groups excluding carboxylic acids is 3. The van der Waals surface area contributed by atoms with Gasteiger partial charge in [0.15, 0.2) is 5.78 Å². The van der Waals surface area contributed by atoms with Crippen molar-refractivity contribution in [3.05, 3.63) is 52.6 Å². The average molecular weight is 382 g/mol. The SMILES string of the molecule is CCCCOC(=O)C1=C(N)OC2=C(C(=O)CCC2)[C@@]12C(=O)Nc1ccccc12. The third-order valence-electron chi connectivity index (χ3n) is 5.45. The number of hydrogen-bond donors (Lipinski definition) is 2. The number of allylic oxidation sites excluding steroid dienone is 1. The molecule has 2 heterocycles. The molecule has 1 aromatic carbocycles. The molecule has 1 aromatic rings.